The highest BCUT2D eigenvalue weighted by Gasteiger charge is 2.26. The molecule has 3 amide bonds. The Labute approximate surface area is 153 Å². The fourth-order valence-corrected chi connectivity index (χ4v) is 2.13. The largest absolute Gasteiger partial charge is 0.333 e. The van der Waals surface area contributed by atoms with Gasteiger partial charge in [0.05, 0.1) is 17.0 Å². The van der Waals surface area contributed by atoms with Gasteiger partial charge in [0, 0.05) is 17.0 Å². The van der Waals surface area contributed by atoms with E-state index in [1.165, 1.54) is 4.68 Å². The number of urea groups is 1. The standard InChI is InChI=1S/C18H26N6O2/c1-10-11(2)19-15(21-14(10)25)24-13(9-12(23-24)17(3,4)5)20-16(26)22-18(6,7)8/h9H,1H2,2-8H3,(H2,20,22,26). The molecule has 2 rings (SSSR count). The molecule has 0 radical (unpaired) electrons. The summed E-state index contributed by atoms with van der Waals surface area (Å²) in [5.41, 5.74) is 0.793. The van der Waals surface area contributed by atoms with E-state index in [1.807, 2.05) is 41.5 Å². The monoisotopic (exact) mass is 358 g/mol. The number of carbonyl (C=O) groups excluding carboxylic acids is 2. The summed E-state index contributed by atoms with van der Waals surface area (Å²) in [6.07, 6.45) is 0. The van der Waals surface area contributed by atoms with Gasteiger partial charge in [0.15, 0.2) is 0 Å². The van der Waals surface area contributed by atoms with Crippen LogP contribution in [0, 0.1) is 0 Å². The van der Waals surface area contributed by atoms with Crippen molar-refractivity contribution < 1.29 is 9.59 Å². The lowest BCUT2D eigenvalue weighted by Crippen LogP contribution is -2.43. The summed E-state index contributed by atoms with van der Waals surface area (Å²) in [6, 6.07) is 1.37. The predicted octanol–water partition coefficient (Wildman–Crippen LogP) is 2.86. The average Bonchev–Trinajstić information content (AvgIpc) is 2.85. The second-order valence-corrected chi connectivity index (χ2v) is 8.30. The summed E-state index contributed by atoms with van der Waals surface area (Å²) in [4.78, 5) is 32.5. The van der Waals surface area contributed by atoms with Crippen molar-refractivity contribution in [2.45, 2.75) is 59.4 Å². The summed E-state index contributed by atoms with van der Waals surface area (Å²) in [7, 11) is 0. The van der Waals surface area contributed by atoms with Crippen molar-refractivity contribution in [1.82, 2.24) is 15.1 Å². The van der Waals surface area contributed by atoms with Crippen LogP contribution >= 0.6 is 0 Å². The van der Waals surface area contributed by atoms with Gasteiger partial charge in [-0.1, -0.05) is 27.4 Å². The van der Waals surface area contributed by atoms with Crippen molar-refractivity contribution in [3.05, 3.63) is 23.9 Å². The lowest BCUT2D eigenvalue weighted by Gasteiger charge is -2.21. The lowest BCUT2D eigenvalue weighted by atomic mass is 9.92. The molecule has 0 saturated heterocycles. The molecule has 140 valence electrons. The molecule has 0 unspecified atom stereocenters. The van der Waals surface area contributed by atoms with E-state index < -0.39 is 11.4 Å². The Morgan fingerprint density at radius 1 is 1.15 bits per heavy atom. The van der Waals surface area contributed by atoms with Crippen LogP contribution in [0.1, 0.15) is 54.2 Å². The van der Waals surface area contributed by atoms with Gasteiger partial charge >= 0.3 is 6.03 Å². The molecule has 1 aliphatic heterocycles. The minimum atomic E-state index is -0.467. The summed E-state index contributed by atoms with van der Waals surface area (Å²) in [6.45, 7) is 17.0. The molecular weight excluding hydrogens is 332 g/mol. The Bertz CT molecular complexity index is 831. The zero-order valence-electron chi connectivity index (χ0n) is 16.4. The number of hydrogen-bond donors (Lipinski definition) is 2. The normalized spacial score (nSPS) is 15.5. The molecule has 8 nitrogen and oxygen atoms in total. The van der Waals surface area contributed by atoms with Crippen LogP contribution in [-0.4, -0.2) is 38.9 Å². The molecule has 0 atom stereocenters. The maximum absolute atomic E-state index is 12.3. The molecule has 8 heteroatoms. The first-order valence-electron chi connectivity index (χ1n) is 8.35. The van der Waals surface area contributed by atoms with Gasteiger partial charge < -0.3 is 5.32 Å². The molecule has 0 aliphatic carbocycles. The smallest absolute Gasteiger partial charge is 0.320 e. The molecule has 0 bridgehead atoms. The van der Waals surface area contributed by atoms with Crippen molar-refractivity contribution in [3.8, 4) is 0 Å². The first-order chi connectivity index (χ1) is 11.8. The molecule has 0 fully saturated rings. The third-order valence-corrected chi connectivity index (χ3v) is 3.56. The number of nitrogens with one attached hydrogen (secondary N) is 2. The molecule has 0 aromatic carbocycles. The summed E-state index contributed by atoms with van der Waals surface area (Å²) in [5, 5.41) is 10.1. The van der Waals surface area contributed by atoms with Crippen LogP contribution in [0.15, 0.2) is 28.2 Å². The fraction of sp³-hybridized carbons (Fsp3) is 0.500. The molecule has 2 N–H and O–H groups in total. The first kappa shape index (κ1) is 19.6. The van der Waals surface area contributed by atoms with E-state index in [0.29, 0.717) is 11.5 Å². The van der Waals surface area contributed by atoms with Gasteiger partial charge in [-0.15, -0.1) is 0 Å². The lowest BCUT2D eigenvalue weighted by molar-refractivity contribution is -0.113. The Kier molecular flexibility index (Phi) is 4.90. The Hall–Kier alpha value is -2.77. The quantitative estimate of drug-likeness (QED) is 0.755. The van der Waals surface area contributed by atoms with Gasteiger partial charge in [0.1, 0.15) is 5.82 Å². The van der Waals surface area contributed by atoms with Gasteiger partial charge in [-0.05, 0) is 27.7 Å². The number of anilines is 1. The van der Waals surface area contributed by atoms with E-state index in [2.05, 4.69) is 32.3 Å². The van der Waals surface area contributed by atoms with E-state index in [9.17, 15) is 9.59 Å². The van der Waals surface area contributed by atoms with Crippen molar-refractivity contribution in [2.24, 2.45) is 9.98 Å². The van der Waals surface area contributed by atoms with E-state index in [0.717, 1.165) is 5.69 Å². The first-order valence-corrected chi connectivity index (χ1v) is 8.35. The minimum Gasteiger partial charge on any atom is -0.333 e. The van der Waals surface area contributed by atoms with E-state index >= 15 is 0 Å². The Morgan fingerprint density at radius 3 is 2.27 bits per heavy atom. The topological polar surface area (TPSA) is 101 Å². The Morgan fingerprint density at radius 2 is 1.77 bits per heavy atom. The zero-order chi connectivity index (χ0) is 19.9. The highest BCUT2D eigenvalue weighted by atomic mass is 16.2. The number of nitrogens with zero attached hydrogens (tertiary/aromatic N) is 4. The number of aliphatic imine (C=N–C) groups is 2. The molecule has 26 heavy (non-hydrogen) atoms. The van der Waals surface area contributed by atoms with Crippen LogP contribution < -0.4 is 10.6 Å². The summed E-state index contributed by atoms with van der Waals surface area (Å²) >= 11 is 0. The number of amides is 3. The molecular formula is C18H26N6O2. The van der Waals surface area contributed by atoms with Gasteiger partial charge in [0.2, 0.25) is 0 Å². The zero-order valence-corrected chi connectivity index (χ0v) is 16.4. The van der Waals surface area contributed by atoms with Gasteiger partial charge in [-0.3, -0.25) is 10.1 Å². The average molecular weight is 358 g/mol. The number of hydrogen-bond acceptors (Lipinski definition) is 4. The highest BCUT2D eigenvalue weighted by Crippen LogP contribution is 2.25. The summed E-state index contributed by atoms with van der Waals surface area (Å²) in [5.74, 6) is 0.0131. The van der Waals surface area contributed by atoms with Gasteiger partial charge in [-0.2, -0.15) is 14.8 Å². The predicted molar refractivity (Wildman–Crippen MR) is 103 cm³/mol. The molecule has 1 aromatic heterocycles. The summed E-state index contributed by atoms with van der Waals surface area (Å²) < 4.78 is 1.37. The number of rotatable bonds is 1. The third kappa shape index (κ3) is 4.44. The van der Waals surface area contributed by atoms with Crippen molar-refractivity contribution in [2.75, 3.05) is 5.32 Å². The SMILES string of the molecule is C=C1C(=O)N=C(n2nc(C(C)(C)C)cc2NC(=O)NC(C)(C)C)N=C1C. The number of carbonyl (C=O) groups is 2. The van der Waals surface area contributed by atoms with Crippen LogP contribution in [0.4, 0.5) is 10.6 Å². The van der Waals surface area contributed by atoms with E-state index in [-0.39, 0.29) is 23.0 Å². The van der Waals surface area contributed by atoms with Crippen molar-refractivity contribution in [1.29, 1.82) is 0 Å². The third-order valence-electron chi connectivity index (χ3n) is 3.56. The van der Waals surface area contributed by atoms with Crippen LogP contribution in [0.3, 0.4) is 0 Å². The molecule has 2 heterocycles. The van der Waals surface area contributed by atoms with Gasteiger partial charge in [-0.25, -0.2) is 9.79 Å². The second kappa shape index (κ2) is 6.51. The second-order valence-electron chi connectivity index (χ2n) is 8.30. The van der Waals surface area contributed by atoms with E-state index in [1.54, 1.807) is 13.0 Å². The van der Waals surface area contributed by atoms with Crippen molar-refractivity contribution >= 4 is 29.4 Å². The van der Waals surface area contributed by atoms with Crippen LogP contribution in [0.2, 0.25) is 0 Å². The van der Waals surface area contributed by atoms with Crippen LogP contribution in [0.5, 0.6) is 0 Å². The highest BCUT2D eigenvalue weighted by molar-refractivity contribution is 6.27. The molecule has 0 saturated carbocycles. The fourth-order valence-electron chi connectivity index (χ4n) is 2.13. The Balaban J connectivity index is 2.47. The number of aromatic nitrogens is 2. The molecule has 0 spiro atoms. The van der Waals surface area contributed by atoms with Crippen molar-refractivity contribution in [3.63, 3.8) is 0 Å². The maximum atomic E-state index is 12.3. The van der Waals surface area contributed by atoms with E-state index in [4.69, 9.17) is 0 Å². The van der Waals surface area contributed by atoms with Crippen LogP contribution in [-0.2, 0) is 10.2 Å². The molecule has 1 aromatic rings. The van der Waals surface area contributed by atoms with Crippen LogP contribution in [0.25, 0.3) is 0 Å². The molecule has 1 aliphatic rings. The minimum absolute atomic E-state index is 0.0986. The van der Waals surface area contributed by atoms with Gasteiger partial charge in [0.25, 0.3) is 11.9 Å². The maximum Gasteiger partial charge on any atom is 0.320 e.